The maximum atomic E-state index is 13.0. The number of nitrogens with two attached hydrogens (primary N) is 1. The predicted octanol–water partition coefficient (Wildman–Crippen LogP) is 3.31. The van der Waals surface area contributed by atoms with Gasteiger partial charge in [-0.3, -0.25) is 4.79 Å². The quantitative estimate of drug-likeness (QED) is 0.818. The highest BCUT2D eigenvalue weighted by atomic mass is 35.5. The van der Waals surface area contributed by atoms with E-state index in [2.05, 4.69) is 5.32 Å². The second-order valence-electron chi connectivity index (χ2n) is 3.67. The Balaban J connectivity index is 2.22. The van der Waals surface area contributed by atoms with E-state index in [1.165, 1.54) is 12.1 Å². The zero-order chi connectivity index (χ0) is 13.1. The summed E-state index contributed by atoms with van der Waals surface area (Å²) in [5, 5.41) is 3.06. The second kappa shape index (κ2) is 5.06. The van der Waals surface area contributed by atoms with Crippen molar-refractivity contribution in [3.05, 3.63) is 58.9 Å². The molecule has 2 aromatic rings. The first kappa shape index (κ1) is 12.4. The molecule has 0 radical (unpaired) electrons. The van der Waals surface area contributed by atoms with Gasteiger partial charge in [-0.15, -0.1) is 0 Å². The molecule has 92 valence electrons. The van der Waals surface area contributed by atoms with Crippen molar-refractivity contribution in [3.63, 3.8) is 0 Å². The summed E-state index contributed by atoms with van der Waals surface area (Å²) in [5.41, 5.74) is 6.10. The molecule has 0 heterocycles. The molecule has 0 spiro atoms. The van der Waals surface area contributed by atoms with E-state index in [1.807, 2.05) is 0 Å². The zero-order valence-electron chi connectivity index (χ0n) is 9.28. The van der Waals surface area contributed by atoms with Gasteiger partial charge >= 0.3 is 0 Å². The minimum atomic E-state index is -0.552. The van der Waals surface area contributed by atoms with Crippen LogP contribution >= 0.6 is 11.6 Å². The average molecular weight is 265 g/mol. The van der Waals surface area contributed by atoms with Crippen LogP contribution in [0.3, 0.4) is 0 Å². The van der Waals surface area contributed by atoms with Crippen LogP contribution < -0.4 is 11.1 Å². The Hall–Kier alpha value is -2.07. The number of para-hydroxylation sites is 1. The number of nitrogens with one attached hydrogen (secondary N) is 1. The fourth-order valence-corrected chi connectivity index (χ4v) is 1.63. The number of hydrogen-bond donors (Lipinski definition) is 2. The van der Waals surface area contributed by atoms with Crippen molar-refractivity contribution in [1.82, 2.24) is 0 Å². The molecule has 2 aromatic carbocycles. The second-order valence-corrected chi connectivity index (χ2v) is 4.08. The van der Waals surface area contributed by atoms with Gasteiger partial charge < -0.3 is 11.1 Å². The van der Waals surface area contributed by atoms with Crippen LogP contribution in [0, 0.1) is 5.82 Å². The van der Waals surface area contributed by atoms with Crippen LogP contribution in [-0.2, 0) is 0 Å². The lowest BCUT2D eigenvalue weighted by Crippen LogP contribution is -2.12. The van der Waals surface area contributed by atoms with Gasteiger partial charge in [0.2, 0.25) is 0 Å². The van der Waals surface area contributed by atoms with E-state index in [0.717, 1.165) is 6.07 Å². The number of halogens is 2. The van der Waals surface area contributed by atoms with Gasteiger partial charge in [0.25, 0.3) is 5.91 Å². The summed E-state index contributed by atoms with van der Waals surface area (Å²) >= 11 is 5.91. The van der Waals surface area contributed by atoms with Crippen molar-refractivity contribution in [2.45, 2.75) is 0 Å². The molecule has 0 bridgehead atoms. The molecule has 3 N–H and O–H groups in total. The molecule has 5 heteroatoms. The topological polar surface area (TPSA) is 55.1 Å². The lowest BCUT2D eigenvalue weighted by Gasteiger charge is -2.07. The number of nitrogen functional groups attached to an aromatic ring is 1. The molecule has 2 rings (SSSR count). The molecular weight excluding hydrogens is 255 g/mol. The van der Waals surface area contributed by atoms with Crippen LogP contribution in [0.5, 0.6) is 0 Å². The monoisotopic (exact) mass is 264 g/mol. The van der Waals surface area contributed by atoms with Gasteiger partial charge in [0.15, 0.2) is 0 Å². The van der Waals surface area contributed by atoms with Gasteiger partial charge in [0.1, 0.15) is 5.82 Å². The summed E-state index contributed by atoms with van der Waals surface area (Å²) in [7, 11) is 0. The molecule has 0 aliphatic heterocycles. The first-order chi connectivity index (χ1) is 8.58. The fourth-order valence-electron chi connectivity index (χ4n) is 1.44. The Labute approximate surface area is 108 Å². The minimum Gasteiger partial charge on any atom is -0.396 e. The molecule has 0 aliphatic rings. The number of amides is 1. The van der Waals surface area contributed by atoms with Gasteiger partial charge in [0, 0.05) is 5.56 Å². The van der Waals surface area contributed by atoms with Crippen LogP contribution in [-0.4, -0.2) is 5.91 Å². The Morgan fingerprint density at radius 1 is 1.22 bits per heavy atom. The normalized spacial score (nSPS) is 10.1. The Kier molecular flexibility index (Phi) is 3.48. The van der Waals surface area contributed by atoms with Crippen molar-refractivity contribution in [2.75, 3.05) is 11.1 Å². The van der Waals surface area contributed by atoms with E-state index in [-0.39, 0.29) is 11.3 Å². The molecular formula is C13H10ClFN2O. The third-order valence-electron chi connectivity index (χ3n) is 2.38. The Morgan fingerprint density at radius 2 is 1.94 bits per heavy atom. The van der Waals surface area contributed by atoms with Crippen LogP contribution in [0.2, 0.25) is 5.02 Å². The molecule has 0 saturated carbocycles. The van der Waals surface area contributed by atoms with Gasteiger partial charge in [-0.25, -0.2) is 4.39 Å². The standard InChI is InChI=1S/C13H10ClFN2O/c14-9-3-1-2-4-12(9)17-13(18)8-5-6-10(15)11(16)7-8/h1-7H,16H2,(H,17,18). The van der Waals surface area contributed by atoms with Crippen LogP contribution in [0.25, 0.3) is 0 Å². The Morgan fingerprint density at radius 3 is 2.61 bits per heavy atom. The molecule has 0 saturated heterocycles. The summed E-state index contributed by atoms with van der Waals surface area (Å²) in [5.74, 6) is -0.945. The SMILES string of the molecule is Nc1cc(C(=O)Nc2ccccc2Cl)ccc1F. The van der Waals surface area contributed by atoms with Crippen LogP contribution in [0.1, 0.15) is 10.4 Å². The van der Waals surface area contributed by atoms with E-state index in [1.54, 1.807) is 24.3 Å². The third-order valence-corrected chi connectivity index (χ3v) is 2.71. The maximum Gasteiger partial charge on any atom is 0.255 e. The minimum absolute atomic E-state index is 0.0678. The average Bonchev–Trinajstić information content (AvgIpc) is 2.35. The summed E-state index contributed by atoms with van der Waals surface area (Å²) in [4.78, 5) is 11.9. The lowest BCUT2D eigenvalue weighted by molar-refractivity contribution is 0.102. The van der Waals surface area contributed by atoms with Gasteiger partial charge in [0.05, 0.1) is 16.4 Å². The zero-order valence-corrected chi connectivity index (χ0v) is 10.0. The van der Waals surface area contributed by atoms with Crippen molar-refractivity contribution in [1.29, 1.82) is 0 Å². The highest BCUT2D eigenvalue weighted by Gasteiger charge is 2.09. The fraction of sp³-hybridized carbons (Fsp3) is 0. The first-order valence-electron chi connectivity index (χ1n) is 5.19. The molecule has 0 unspecified atom stereocenters. The molecule has 18 heavy (non-hydrogen) atoms. The summed E-state index contributed by atoms with van der Waals surface area (Å²) < 4.78 is 13.0. The number of hydrogen-bond acceptors (Lipinski definition) is 2. The first-order valence-corrected chi connectivity index (χ1v) is 5.56. The van der Waals surface area contributed by atoms with Gasteiger partial charge in [-0.05, 0) is 30.3 Å². The molecule has 3 nitrogen and oxygen atoms in total. The van der Waals surface area contributed by atoms with Crippen LogP contribution in [0.4, 0.5) is 15.8 Å². The largest absolute Gasteiger partial charge is 0.396 e. The van der Waals surface area contributed by atoms with E-state index < -0.39 is 11.7 Å². The highest BCUT2D eigenvalue weighted by Crippen LogP contribution is 2.21. The third kappa shape index (κ3) is 2.60. The molecule has 1 amide bonds. The van der Waals surface area contributed by atoms with Crippen molar-refractivity contribution >= 4 is 28.9 Å². The lowest BCUT2D eigenvalue weighted by atomic mass is 10.2. The van der Waals surface area contributed by atoms with E-state index >= 15 is 0 Å². The molecule has 0 atom stereocenters. The van der Waals surface area contributed by atoms with E-state index in [0.29, 0.717) is 10.7 Å². The number of carbonyl (C=O) groups excluding carboxylic acids is 1. The van der Waals surface area contributed by atoms with Crippen molar-refractivity contribution < 1.29 is 9.18 Å². The molecule has 0 aliphatic carbocycles. The van der Waals surface area contributed by atoms with Crippen molar-refractivity contribution in [3.8, 4) is 0 Å². The number of anilines is 2. The number of rotatable bonds is 2. The van der Waals surface area contributed by atoms with E-state index in [9.17, 15) is 9.18 Å². The molecule has 0 fully saturated rings. The van der Waals surface area contributed by atoms with Gasteiger partial charge in [-0.2, -0.15) is 0 Å². The Bertz CT molecular complexity index is 601. The summed E-state index contributed by atoms with van der Waals surface area (Å²) in [6.45, 7) is 0. The summed E-state index contributed by atoms with van der Waals surface area (Å²) in [6.07, 6.45) is 0. The van der Waals surface area contributed by atoms with Gasteiger partial charge in [-0.1, -0.05) is 23.7 Å². The number of benzene rings is 2. The van der Waals surface area contributed by atoms with Crippen molar-refractivity contribution in [2.24, 2.45) is 0 Å². The van der Waals surface area contributed by atoms with Crippen LogP contribution in [0.15, 0.2) is 42.5 Å². The predicted molar refractivity (Wildman–Crippen MR) is 70.2 cm³/mol. The van der Waals surface area contributed by atoms with E-state index in [4.69, 9.17) is 17.3 Å². The summed E-state index contributed by atoms with van der Waals surface area (Å²) in [6, 6.07) is 10.6. The highest BCUT2D eigenvalue weighted by molar-refractivity contribution is 6.33. The molecule has 0 aromatic heterocycles. The smallest absolute Gasteiger partial charge is 0.255 e. The maximum absolute atomic E-state index is 13.0. The number of carbonyl (C=O) groups is 1.